The normalized spacial score (nSPS) is 10.8. The summed E-state index contributed by atoms with van der Waals surface area (Å²) < 4.78 is 2.01. The molecule has 0 bridgehead atoms. The summed E-state index contributed by atoms with van der Waals surface area (Å²) in [5.41, 5.74) is 8.71. The van der Waals surface area contributed by atoms with Crippen LogP contribution in [0.4, 0.5) is 5.69 Å². The van der Waals surface area contributed by atoms with E-state index in [0.29, 0.717) is 0 Å². The minimum Gasteiger partial charge on any atom is -0.385 e. The molecule has 15 heavy (non-hydrogen) atoms. The number of aromatic nitrogens is 2. The maximum atomic E-state index is 5.43. The summed E-state index contributed by atoms with van der Waals surface area (Å²) in [4.78, 5) is 4.31. The molecule has 0 aliphatic carbocycles. The first-order valence-electron chi connectivity index (χ1n) is 5.16. The van der Waals surface area contributed by atoms with E-state index >= 15 is 0 Å². The summed E-state index contributed by atoms with van der Waals surface area (Å²) in [6.45, 7) is 1.63. The molecule has 2 rings (SSSR count). The molecule has 0 saturated carbocycles. The molecule has 2 aromatic rings. The highest BCUT2D eigenvalue weighted by Gasteiger charge is 1.99. The van der Waals surface area contributed by atoms with E-state index in [1.54, 1.807) is 0 Å². The Morgan fingerprint density at radius 2 is 2.33 bits per heavy atom. The number of benzene rings is 1. The fourth-order valence-corrected chi connectivity index (χ4v) is 1.58. The highest BCUT2D eigenvalue weighted by Crippen LogP contribution is 2.17. The molecule has 1 aromatic carbocycles. The van der Waals surface area contributed by atoms with E-state index < -0.39 is 0 Å². The fraction of sp³-hybridized carbons (Fsp3) is 0.364. The molecule has 0 radical (unpaired) electrons. The predicted octanol–water partition coefficient (Wildman–Crippen LogP) is 1.33. The Morgan fingerprint density at radius 3 is 3.13 bits per heavy atom. The number of hydrogen-bond acceptors (Lipinski definition) is 3. The molecule has 0 saturated heterocycles. The second-order valence-electron chi connectivity index (χ2n) is 3.63. The molecule has 0 aliphatic heterocycles. The van der Waals surface area contributed by atoms with Crippen molar-refractivity contribution in [3.8, 4) is 0 Å². The van der Waals surface area contributed by atoms with Crippen molar-refractivity contribution >= 4 is 16.7 Å². The molecule has 0 amide bonds. The summed E-state index contributed by atoms with van der Waals surface area (Å²) in [7, 11) is 2.00. The number of nitrogens with two attached hydrogens (primary N) is 1. The second-order valence-corrected chi connectivity index (χ2v) is 3.63. The van der Waals surface area contributed by atoms with Crippen LogP contribution in [0.3, 0.4) is 0 Å². The molecule has 3 N–H and O–H groups in total. The number of aryl methyl sites for hydroxylation is 1. The minimum atomic E-state index is 0.721. The lowest BCUT2D eigenvalue weighted by Gasteiger charge is -2.05. The van der Waals surface area contributed by atoms with Gasteiger partial charge in [-0.15, -0.1) is 0 Å². The highest BCUT2D eigenvalue weighted by atomic mass is 15.0. The predicted molar refractivity (Wildman–Crippen MR) is 62.9 cm³/mol. The Labute approximate surface area is 89.1 Å². The number of anilines is 1. The third-order valence-corrected chi connectivity index (χ3v) is 2.44. The van der Waals surface area contributed by atoms with E-state index in [4.69, 9.17) is 5.73 Å². The van der Waals surface area contributed by atoms with Gasteiger partial charge in [0, 0.05) is 19.3 Å². The standard InChI is InChI=1S/C11H16N4/c1-15-8-14-10-7-9(3-4-11(10)15)13-6-2-5-12/h3-4,7-8,13H,2,5-6,12H2,1H3. The summed E-state index contributed by atoms with van der Waals surface area (Å²) in [6.07, 6.45) is 2.81. The van der Waals surface area contributed by atoms with Crippen molar-refractivity contribution in [1.29, 1.82) is 0 Å². The number of hydrogen-bond donors (Lipinski definition) is 2. The summed E-state index contributed by atoms with van der Waals surface area (Å²) in [5, 5.41) is 3.32. The molecule has 1 heterocycles. The lowest BCUT2D eigenvalue weighted by molar-refractivity contribution is 0.874. The Morgan fingerprint density at radius 1 is 1.47 bits per heavy atom. The van der Waals surface area contributed by atoms with Crippen LogP contribution in [0, 0.1) is 0 Å². The molecule has 4 nitrogen and oxygen atoms in total. The van der Waals surface area contributed by atoms with Gasteiger partial charge in [-0.05, 0) is 31.2 Å². The van der Waals surface area contributed by atoms with E-state index in [-0.39, 0.29) is 0 Å². The molecular formula is C11H16N4. The van der Waals surface area contributed by atoms with Crippen molar-refractivity contribution in [3.05, 3.63) is 24.5 Å². The summed E-state index contributed by atoms with van der Waals surface area (Å²) >= 11 is 0. The topological polar surface area (TPSA) is 55.9 Å². The van der Waals surface area contributed by atoms with Gasteiger partial charge in [0.05, 0.1) is 17.4 Å². The van der Waals surface area contributed by atoms with Gasteiger partial charge >= 0.3 is 0 Å². The van der Waals surface area contributed by atoms with Crippen LogP contribution in [0.25, 0.3) is 11.0 Å². The SMILES string of the molecule is Cn1cnc2cc(NCCCN)ccc21. The molecule has 80 valence electrons. The molecule has 0 aliphatic rings. The van der Waals surface area contributed by atoms with Crippen LogP contribution in [-0.2, 0) is 7.05 Å². The lowest BCUT2D eigenvalue weighted by atomic mass is 10.2. The fourth-order valence-electron chi connectivity index (χ4n) is 1.58. The average molecular weight is 204 g/mol. The lowest BCUT2D eigenvalue weighted by Crippen LogP contribution is -2.08. The van der Waals surface area contributed by atoms with E-state index in [9.17, 15) is 0 Å². The van der Waals surface area contributed by atoms with Gasteiger partial charge in [-0.1, -0.05) is 0 Å². The van der Waals surface area contributed by atoms with Gasteiger partial charge in [0.2, 0.25) is 0 Å². The van der Waals surface area contributed by atoms with Crippen molar-refractivity contribution in [2.75, 3.05) is 18.4 Å². The molecule has 1 aromatic heterocycles. The van der Waals surface area contributed by atoms with Crippen molar-refractivity contribution in [3.63, 3.8) is 0 Å². The van der Waals surface area contributed by atoms with Crippen LogP contribution in [0.2, 0.25) is 0 Å². The van der Waals surface area contributed by atoms with E-state index in [1.807, 2.05) is 17.9 Å². The number of imidazole rings is 1. The van der Waals surface area contributed by atoms with Crippen molar-refractivity contribution in [1.82, 2.24) is 9.55 Å². The van der Waals surface area contributed by atoms with Gasteiger partial charge in [0.25, 0.3) is 0 Å². The van der Waals surface area contributed by atoms with E-state index in [1.165, 1.54) is 0 Å². The number of fused-ring (bicyclic) bond motifs is 1. The van der Waals surface area contributed by atoms with Crippen molar-refractivity contribution < 1.29 is 0 Å². The number of nitrogens with one attached hydrogen (secondary N) is 1. The first kappa shape index (κ1) is 9.98. The van der Waals surface area contributed by atoms with Gasteiger partial charge in [-0.2, -0.15) is 0 Å². The van der Waals surface area contributed by atoms with Gasteiger partial charge in [0.1, 0.15) is 0 Å². The van der Waals surface area contributed by atoms with Crippen LogP contribution in [0.5, 0.6) is 0 Å². The second kappa shape index (κ2) is 4.31. The monoisotopic (exact) mass is 204 g/mol. The Bertz CT molecular complexity index is 447. The zero-order valence-corrected chi connectivity index (χ0v) is 8.90. The summed E-state index contributed by atoms with van der Waals surface area (Å²) in [5.74, 6) is 0. The van der Waals surface area contributed by atoms with Crippen molar-refractivity contribution in [2.24, 2.45) is 12.8 Å². The third kappa shape index (κ3) is 2.10. The average Bonchev–Trinajstić information content (AvgIpc) is 2.61. The smallest absolute Gasteiger partial charge is 0.0955 e. The Hall–Kier alpha value is -1.55. The van der Waals surface area contributed by atoms with Gasteiger partial charge in [0.15, 0.2) is 0 Å². The Kier molecular flexibility index (Phi) is 2.87. The molecule has 0 spiro atoms. The van der Waals surface area contributed by atoms with Gasteiger partial charge in [-0.25, -0.2) is 4.98 Å². The van der Waals surface area contributed by atoms with E-state index in [2.05, 4.69) is 28.5 Å². The van der Waals surface area contributed by atoms with Crippen molar-refractivity contribution in [2.45, 2.75) is 6.42 Å². The molecule has 0 atom stereocenters. The number of rotatable bonds is 4. The molecule has 0 unspecified atom stereocenters. The first-order chi connectivity index (χ1) is 7.31. The Balaban J connectivity index is 2.16. The first-order valence-corrected chi connectivity index (χ1v) is 5.16. The van der Waals surface area contributed by atoms with Crippen LogP contribution < -0.4 is 11.1 Å². The number of nitrogens with zero attached hydrogens (tertiary/aromatic N) is 2. The zero-order valence-electron chi connectivity index (χ0n) is 8.90. The molecule has 4 heteroatoms. The minimum absolute atomic E-state index is 0.721. The van der Waals surface area contributed by atoms with Crippen LogP contribution >= 0.6 is 0 Å². The molecule has 0 fully saturated rings. The van der Waals surface area contributed by atoms with Crippen LogP contribution in [0.15, 0.2) is 24.5 Å². The molecular weight excluding hydrogens is 188 g/mol. The summed E-state index contributed by atoms with van der Waals surface area (Å²) in [6, 6.07) is 6.21. The quantitative estimate of drug-likeness (QED) is 0.739. The van der Waals surface area contributed by atoms with Crippen LogP contribution in [-0.4, -0.2) is 22.6 Å². The third-order valence-electron chi connectivity index (χ3n) is 2.44. The van der Waals surface area contributed by atoms with E-state index in [0.717, 1.165) is 36.2 Å². The largest absolute Gasteiger partial charge is 0.385 e. The van der Waals surface area contributed by atoms with Gasteiger partial charge < -0.3 is 15.6 Å². The van der Waals surface area contributed by atoms with Gasteiger partial charge in [-0.3, -0.25) is 0 Å². The zero-order chi connectivity index (χ0) is 10.7. The maximum absolute atomic E-state index is 5.43. The highest BCUT2D eigenvalue weighted by molar-refractivity contribution is 5.79. The maximum Gasteiger partial charge on any atom is 0.0955 e. The van der Waals surface area contributed by atoms with Crippen LogP contribution in [0.1, 0.15) is 6.42 Å².